The van der Waals surface area contributed by atoms with Crippen molar-refractivity contribution in [2.45, 2.75) is 18.6 Å². The van der Waals surface area contributed by atoms with Crippen LogP contribution >= 0.6 is 0 Å². The molecule has 6 nitrogen and oxygen atoms in total. The van der Waals surface area contributed by atoms with Gasteiger partial charge in [-0.05, 0) is 24.1 Å². The van der Waals surface area contributed by atoms with E-state index in [1.54, 1.807) is 23.1 Å². The summed E-state index contributed by atoms with van der Waals surface area (Å²) in [6.07, 6.45) is 4.70. The van der Waals surface area contributed by atoms with E-state index in [1.165, 1.54) is 6.07 Å². The molecule has 3 aromatic rings. The lowest BCUT2D eigenvalue weighted by atomic mass is 10.0. The first-order valence-corrected chi connectivity index (χ1v) is 7.17. The normalized spacial score (nSPS) is 21.3. The fraction of sp³-hybridized carbons (Fsp3) is 0.267. The van der Waals surface area contributed by atoms with Gasteiger partial charge in [-0.3, -0.25) is 4.40 Å². The molecule has 0 radical (unpaired) electrons. The molecule has 1 aliphatic heterocycles. The van der Waals surface area contributed by atoms with Gasteiger partial charge in [-0.1, -0.05) is 6.07 Å². The van der Waals surface area contributed by atoms with Gasteiger partial charge in [-0.25, -0.2) is 13.8 Å². The predicted octanol–water partition coefficient (Wildman–Crippen LogP) is 1.71. The Hall–Kier alpha value is -2.61. The van der Waals surface area contributed by atoms with Crippen LogP contribution in [0.4, 0.5) is 14.6 Å². The third kappa shape index (κ3) is 2.31. The maximum absolute atomic E-state index is 13.6. The van der Waals surface area contributed by atoms with E-state index in [4.69, 9.17) is 0 Å². The molecule has 1 N–H and O–H groups in total. The van der Waals surface area contributed by atoms with Crippen molar-refractivity contribution in [1.82, 2.24) is 19.6 Å². The largest absolute Gasteiger partial charge is 0.391 e. The SMILES string of the molecule is O[C@@H]1C[C@@H](c2ccc(F)c(F)c2)N(c2nccn3cnnc23)C1. The lowest BCUT2D eigenvalue weighted by Crippen LogP contribution is -2.26. The molecule has 23 heavy (non-hydrogen) atoms. The highest BCUT2D eigenvalue weighted by Crippen LogP contribution is 2.36. The van der Waals surface area contributed by atoms with Gasteiger partial charge in [-0.2, -0.15) is 0 Å². The van der Waals surface area contributed by atoms with Crippen LogP contribution in [0.2, 0.25) is 0 Å². The summed E-state index contributed by atoms with van der Waals surface area (Å²) in [4.78, 5) is 6.18. The number of β-amino-alcohol motifs (C(OH)–C–C–N with tert-alkyl or cyclic N) is 1. The summed E-state index contributed by atoms with van der Waals surface area (Å²) >= 11 is 0. The lowest BCUT2D eigenvalue weighted by Gasteiger charge is -2.25. The number of aliphatic hydroxyl groups is 1. The molecular formula is C15H13F2N5O. The Morgan fingerprint density at radius 1 is 1.22 bits per heavy atom. The molecule has 0 bridgehead atoms. The second-order valence-corrected chi connectivity index (χ2v) is 5.54. The fourth-order valence-electron chi connectivity index (χ4n) is 3.03. The van der Waals surface area contributed by atoms with Gasteiger partial charge in [0, 0.05) is 18.9 Å². The summed E-state index contributed by atoms with van der Waals surface area (Å²) in [5.74, 6) is -1.25. The van der Waals surface area contributed by atoms with Gasteiger partial charge in [0.2, 0.25) is 5.65 Å². The highest BCUT2D eigenvalue weighted by Gasteiger charge is 2.34. The van der Waals surface area contributed by atoms with Crippen LogP contribution in [-0.4, -0.2) is 37.3 Å². The first-order chi connectivity index (χ1) is 11.1. The molecule has 1 fully saturated rings. The smallest absolute Gasteiger partial charge is 0.203 e. The number of halogens is 2. The summed E-state index contributed by atoms with van der Waals surface area (Å²) in [6.45, 7) is 0.337. The first-order valence-electron chi connectivity index (χ1n) is 7.17. The number of hydrogen-bond donors (Lipinski definition) is 1. The van der Waals surface area contributed by atoms with E-state index in [-0.39, 0.29) is 6.04 Å². The van der Waals surface area contributed by atoms with E-state index < -0.39 is 17.7 Å². The Morgan fingerprint density at radius 3 is 2.91 bits per heavy atom. The molecule has 2 atom stereocenters. The standard InChI is InChI=1S/C15H13F2N5O/c16-11-2-1-9(5-12(11)17)13-6-10(23)7-22(13)14-15-20-19-8-21(15)4-3-18-14/h1-5,8,10,13,23H,6-7H2/t10-,13+/m1/s1. The zero-order valence-electron chi connectivity index (χ0n) is 12.0. The summed E-state index contributed by atoms with van der Waals surface area (Å²) in [5.41, 5.74) is 1.14. The van der Waals surface area contributed by atoms with Crippen LogP contribution in [0.15, 0.2) is 36.9 Å². The van der Waals surface area contributed by atoms with Gasteiger partial charge in [0.25, 0.3) is 0 Å². The summed E-state index contributed by atoms with van der Waals surface area (Å²) in [5, 5.41) is 18.0. The average Bonchev–Trinajstić information content (AvgIpc) is 3.16. The van der Waals surface area contributed by atoms with Crippen molar-refractivity contribution in [2.75, 3.05) is 11.4 Å². The number of hydrogen-bond acceptors (Lipinski definition) is 5. The van der Waals surface area contributed by atoms with Crippen molar-refractivity contribution in [2.24, 2.45) is 0 Å². The molecule has 3 heterocycles. The zero-order chi connectivity index (χ0) is 16.0. The van der Waals surface area contributed by atoms with Gasteiger partial charge in [-0.15, -0.1) is 10.2 Å². The van der Waals surface area contributed by atoms with Crippen LogP contribution in [0.5, 0.6) is 0 Å². The Kier molecular flexibility index (Phi) is 3.19. The minimum Gasteiger partial charge on any atom is -0.391 e. The number of aromatic nitrogens is 4. The third-order valence-corrected chi connectivity index (χ3v) is 4.08. The van der Waals surface area contributed by atoms with Crippen LogP contribution in [0.3, 0.4) is 0 Å². The Balaban J connectivity index is 1.79. The van der Waals surface area contributed by atoms with E-state index in [2.05, 4.69) is 15.2 Å². The predicted molar refractivity (Wildman–Crippen MR) is 77.9 cm³/mol. The number of fused-ring (bicyclic) bond motifs is 1. The van der Waals surface area contributed by atoms with Gasteiger partial charge in [0.1, 0.15) is 6.33 Å². The molecule has 0 aliphatic carbocycles. The van der Waals surface area contributed by atoms with Crippen molar-refractivity contribution >= 4 is 11.5 Å². The topological polar surface area (TPSA) is 66.5 Å². The third-order valence-electron chi connectivity index (χ3n) is 4.08. The molecule has 0 amide bonds. The molecule has 1 aromatic carbocycles. The average molecular weight is 317 g/mol. The Morgan fingerprint density at radius 2 is 2.09 bits per heavy atom. The van der Waals surface area contributed by atoms with Crippen molar-refractivity contribution in [3.05, 3.63) is 54.1 Å². The van der Waals surface area contributed by atoms with Crippen LogP contribution in [0.1, 0.15) is 18.0 Å². The van der Waals surface area contributed by atoms with Crippen molar-refractivity contribution < 1.29 is 13.9 Å². The molecule has 0 spiro atoms. The number of aliphatic hydroxyl groups excluding tert-OH is 1. The minimum absolute atomic E-state index is 0.310. The van der Waals surface area contributed by atoms with Crippen molar-refractivity contribution in [3.63, 3.8) is 0 Å². The molecule has 1 aliphatic rings. The first kappa shape index (κ1) is 14.0. The molecule has 4 rings (SSSR count). The Labute approximate surface area is 130 Å². The quantitative estimate of drug-likeness (QED) is 0.779. The molecule has 0 unspecified atom stereocenters. The van der Waals surface area contributed by atoms with E-state index in [9.17, 15) is 13.9 Å². The van der Waals surface area contributed by atoms with Gasteiger partial charge in [0.05, 0.1) is 12.1 Å². The highest BCUT2D eigenvalue weighted by molar-refractivity contribution is 5.65. The molecule has 2 aromatic heterocycles. The van der Waals surface area contributed by atoms with E-state index in [0.29, 0.717) is 30.0 Å². The second-order valence-electron chi connectivity index (χ2n) is 5.54. The highest BCUT2D eigenvalue weighted by atomic mass is 19.2. The van der Waals surface area contributed by atoms with Crippen LogP contribution in [-0.2, 0) is 0 Å². The molecule has 118 valence electrons. The van der Waals surface area contributed by atoms with E-state index >= 15 is 0 Å². The van der Waals surface area contributed by atoms with Gasteiger partial charge in [0.15, 0.2) is 17.5 Å². The number of benzene rings is 1. The maximum atomic E-state index is 13.6. The molecule has 8 heteroatoms. The minimum atomic E-state index is -0.905. The summed E-state index contributed by atoms with van der Waals surface area (Å²) in [7, 11) is 0. The molecular weight excluding hydrogens is 304 g/mol. The van der Waals surface area contributed by atoms with Crippen LogP contribution in [0, 0.1) is 11.6 Å². The summed E-state index contributed by atoms with van der Waals surface area (Å²) < 4.78 is 28.5. The van der Waals surface area contributed by atoms with Crippen molar-refractivity contribution in [3.8, 4) is 0 Å². The number of anilines is 1. The maximum Gasteiger partial charge on any atom is 0.203 e. The van der Waals surface area contributed by atoms with Crippen molar-refractivity contribution in [1.29, 1.82) is 0 Å². The molecule has 1 saturated heterocycles. The number of rotatable bonds is 2. The Bertz CT molecular complexity index is 868. The van der Waals surface area contributed by atoms with E-state index in [1.807, 2.05) is 4.90 Å². The monoisotopic (exact) mass is 317 g/mol. The zero-order valence-corrected chi connectivity index (χ0v) is 12.0. The lowest BCUT2D eigenvalue weighted by molar-refractivity contribution is 0.194. The fourth-order valence-corrected chi connectivity index (χ4v) is 3.03. The van der Waals surface area contributed by atoms with Gasteiger partial charge >= 0.3 is 0 Å². The molecule has 0 saturated carbocycles. The summed E-state index contributed by atoms with van der Waals surface area (Å²) in [6, 6.07) is 3.47. The van der Waals surface area contributed by atoms with Crippen LogP contribution in [0.25, 0.3) is 5.65 Å². The number of nitrogens with zero attached hydrogens (tertiary/aromatic N) is 5. The van der Waals surface area contributed by atoms with Gasteiger partial charge < -0.3 is 10.0 Å². The van der Waals surface area contributed by atoms with E-state index in [0.717, 1.165) is 12.1 Å². The second kappa shape index (κ2) is 5.24. The van der Waals surface area contributed by atoms with Crippen LogP contribution < -0.4 is 4.90 Å².